The van der Waals surface area contributed by atoms with Crippen molar-refractivity contribution < 1.29 is 19.1 Å². The van der Waals surface area contributed by atoms with Crippen LogP contribution in [0.5, 0.6) is 5.75 Å². The third-order valence-electron chi connectivity index (χ3n) is 3.88. The molecule has 0 saturated heterocycles. The van der Waals surface area contributed by atoms with E-state index in [2.05, 4.69) is 0 Å². The van der Waals surface area contributed by atoms with Crippen molar-refractivity contribution in [1.82, 2.24) is 4.90 Å². The Labute approximate surface area is 142 Å². The summed E-state index contributed by atoms with van der Waals surface area (Å²) in [7, 11) is 2.92. The maximum Gasteiger partial charge on any atom is 0.340 e. The number of amides is 1. The fraction of sp³-hybridized carbons (Fsp3) is 0.368. The average Bonchev–Trinajstić information content (AvgIpc) is 2.79. The van der Waals surface area contributed by atoms with Gasteiger partial charge in [-0.15, -0.1) is 0 Å². The Morgan fingerprint density at radius 2 is 1.83 bits per heavy atom. The number of carbonyl (C=O) groups is 2. The molecule has 24 heavy (non-hydrogen) atoms. The SMILES string of the molecule is COC(=O)C1=C(C)N(CC(C)C)C(=O)C1=Cc1ccc(OC)cc1. The fourth-order valence-electron chi connectivity index (χ4n) is 2.68. The summed E-state index contributed by atoms with van der Waals surface area (Å²) in [6.45, 7) is 6.40. The monoisotopic (exact) mass is 329 g/mol. The summed E-state index contributed by atoms with van der Waals surface area (Å²) in [5.74, 6) is 0.365. The minimum Gasteiger partial charge on any atom is -0.497 e. The molecule has 128 valence electrons. The van der Waals surface area contributed by atoms with Gasteiger partial charge in [0.25, 0.3) is 5.91 Å². The van der Waals surface area contributed by atoms with Gasteiger partial charge in [0.05, 0.1) is 25.4 Å². The molecular weight excluding hydrogens is 306 g/mol. The topological polar surface area (TPSA) is 55.8 Å². The highest BCUT2D eigenvalue weighted by Crippen LogP contribution is 2.32. The first-order valence-electron chi connectivity index (χ1n) is 7.86. The van der Waals surface area contributed by atoms with Crippen molar-refractivity contribution in [2.24, 2.45) is 5.92 Å². The molecule has 1 heterocycles. The van der Waals surface area contributed by atoms with Crippen LogP contribution in [0.25, 0.3) is 6.08 Å². The molecule has 0 spiro atoms. The largest absolute Gasteiger partial charge is 0.497 e. The van der Waals surface area contributed by atoms with E-state index in [-0.39, 0.29) is 5.91 Å². The lowest BCUT2D eigenvalue weighted by atomic mass is 10.0. The Hall–Kier alpha value is -2.56. The van der Waals surface area contributed by atoms with Gasteiger partial charge in [-0.25, -0.2) is 4.79 Å². The maximum absolute atomic E-state index is 12.8. The number of ether oxygens (including phenoxy) is 2. The molecule has 0 N–H and O–H groups in total. The van der Waals surface area contributed by atoms with E-state index in [1.54, 1.807) is 25.0 Å². The Bertz CT molecular complexity index is 699. The highest BCUT2D eigenvalue weighted by molar-refractivity contribution is 6.16. The van der Waals surface area contributed by atoms with Crippen LogP contribution >= 0.6 is 0 Å². The highest BCUT2D eigenvalue weighted by Gasteiger charge is 2.37. The quantitative estimate of drug-likeness (QED) is 0.615. The van der Waals surface area contributed by atoms with Crippen molar-refractivity contribution in [3.8, 4) is 5.75 Å². The Kier molecular flexibility index (Phi) is 5.44. The van der Waals surface area contributed by atoms with E-state index >= 15 is 0 Å². The van der Waals surface area contributed by atoms with Crippen LogP contribution in [0.4, 0.5) is 0 Å². The second-order valence-corrected chi connectivity index (χ2v) is 6.09. The van der Waals surface area contributed by atoms with Crippen molar-refractivity contribution >= 4 is 18.0 Å². The van der Waals surface area contributed by atoms with Gasteiger partial charge in [0.15, 0.2) is 0 Å². The van der Waals surface area contributed by atoms with Gasteiger partial charge in [0, 0.05) is 12.2 Å². The number of methoxy groups -OCH3 is 2. The van der Waals surface area contributed by atoms with Crippen LogP contribution in [0.3, 0.4) is 0 Å². The van der Waals surface area contributed by atoms with Gasteiger partial charge >= 0.3 is 5.97 Å². The van der Waals surface area contributed by atoms with Gasteiger partial charge in [-0.1, -0.05) is 26.0 Å². The van der Waals surface area contributed by atoms with Crippen molar-refractivity contribution in [3.05, 3.63) is 46.7 Å². The molecule has 5 heteroatoms. The molecule has 2 rings (SSSR count). The van der Waals surface area contributed by atoms with Crippen molar-refractivity contribution in [1.29, 1.82) is 0 Å². The maximum atomic E-state index is 12.8. The molecule has 5 nitrogen and oxygen atoms in total. The van der Waals surface area contributed by atoms with E-state index in [0.717, 1.165) is 11.3 Å². The first-order valence-corrected chi connectivity index (χ1v) is 7.86. The number of allylic oxidation sites excluding steroid dienone is 1. The first-order chi connectivity index (χ1) is 11.4. The molecule has 1 amide bonds. The molecule has 1 aliphatic heterocycles. The molecule has 0 saturated carbocycles. The summed E-state index contributed by atoms with van der Waals surface area (Å²) >= 11 is 0. The number of benzene rings is 1. The minimum absolute atomic E-state index is 0.169. The highest BCUT2D eigenvalue weighted by atomic mass is 16.5. The molecule has 0 aromatic heterocycles. The Morgan fingerprint density at radius 1 is 1.21 bits per heavy atom. The predicted molar refractivity (Wildman–Crippen MR) is 92.2 cm³/mol. The Balaban J connectivity index is 2.46. The van der Waals surface area contributed by atoms with Crippen molar-refractivity contribution in [2.75, 3.05) is 20.8 Å². The molecule has 0 fully saturated rings. The van der Waals surface area contributed by atoms with Crippen LogP contribution < -0.4 is 4.74 Å². The lowest BCUT2D eigenvalue weighted by Crippen LogP contribution is -2.28. The van der Waals surface area contributed by atoms with Crippen molar-refractivity contribution in [2.45, 2.75) is 20.8 Å². The summed E-state index contributed by atoms with van der Waals surface area (Å²) in [6.07, 6.45) is 1.72. The van der Waals surface area contributed by atoms with E-state index in [9.17, 15) is 9.59 Å². The summed E-state index contributed by atoms with van der Waals surface area (Å²) in [5.41, 5.74) is 2.16. The fourth-order valence-corrected chi connectivity index (χ4v) is 2.68. The van der Waals surface area contributed by atoms with Crippen LogP contribution in [-0.4, -0.2) is 37.5 Å². The second kappa shape index (κ2) is 7.34. The number of hydrogen-bond acceptors (Lipinski definition) is 4. The van der Waals surface area contributed by atoms with Crippen LogP contribution in [-0.2, 0) is 14.3 Å². The number of esters is 1. The van der Waals surface area contributed by atoms with E-state index in [0.29, 0.717) is 29.3 Å². The normalized spacial score (nSPS) is 16.3. The zero-order valence-corrected chi connectivity index (χ0v) is 14.8. The van der Waals surface area contributed by atoms with Crippen LogP contribution in [0.2, 0.25) is 0 Å². The lowest BCUT2D eigenvalue weighted by Gasteiger charge is -2.19. The molecule has 1 aliphatic rings. The standard InChI is InChI=1S/C19H23NO4/c1-12(2)11-20-13(3)17(19(22)24-5)16(18(20)21)10-14-6-8-15(23-4)9-7-14/h6-10,12H,11H2,1-5H3. The van der Waals surface area contributed by atoms with Crippen LogP contribution in [0.15, 0.2) is 41.1 Å². The number of rotatable bonds is 5. The molecule has 0 bridgehead atoms. The number of carbonyl (C=O) groups excluding carboxylic acids is 2. The van der Waals surface area contributed by atoms with Crippen molar-refractivity contribution in [3.63, 3.8) is 0 Å². The zero-order chi connectivity index (χ0) is 17.9. The first kappa shape index (κ1) is 17.8. The third-order valence-corrected chi connectivity index (χ3v) is 3.88. The van der Waals surface area contributed by atoms with Crippen LogP contribution in [0, 0.1) is 5.92 Å². The molecule has 1 aromatic carbocycles. The predicted octanol–water partition coefficient (Wildman–Crippen LogP) is 3.02. The van der Waals surface area contributed by atoms with Gasteiger partial charge in [0.1, 0.15) is 5.75 Å². The smallest absolute Gasteiger partial charge is 0.340 e. The zero-order valence-electron chi connectivity index (χ0n) is 14.8. The van der Waals surface area contributed by atoms with E-state index in [1.807, 2.05) is 38.1 Å². The second-order valence-electron chi connectivity index (χ2n) is 6.09. The molecule has 0 atom stereocenters. The molecule has 0 aliphatic carbocycles. The number of hydrogen-bond donors (Lipinski definition) is 0. The van der Waals surface area contributed by atoms with Crippen LogP contribution in [0.1, 0.15) is 26.3 Å². The average molecular weight is 329 g/mol. The molecular formula is C19H23NO4. The Morgan fingerprint density at radius 3 is 2.33 bits per heavy atom. The molecule has 1 aromatic rings. The molecule has 0 unspecified atom stereocenters. The summed E-state index contributed by atoms with van der Waals surface area (Å²) < 4.78 is 10.0. The van der Waals surface area contributed by atoms with Gasteiger partial charge in [-0.05, 0) is 36.6 Å². The number of nitrogens with zero attached hydrogens (tertiary/aromatic N) is 1. The third kappa shape index (κ3) is 3.50. The van der Waals surface area contributed by atoms with Gasteiger partial charge in [0.2, 0.25) is 0 Å². The van der Waals surface area contributed by atoms with Gasteiger partial charge < -0.3 is 14.4 Å². The lowest BCUT2D eigenvalue weighted by molar-refractivity contribution is -0.136. The van der Waals surface area contributed by atoms with Gasteiger partial charge in [-0.3, -0.25) is 4.79 Å². The summed E-state index contributed by atoms with van der Waals surface area (Å²) in [4.78, 5) is 26.6. The van der Waals surface area contributed by atoms with E-state index < -0.39 is 5.97 Å². The minimum atomic E-state index is -0.494. The van der Waals surface area contributed by atoms with Gasteiger partial charge in [-0.2, -0.15) is 0 Å². The van der Waals surface area contributed by atoms with E-state index in [1.165, 1.54) is 7.11 Å². The summed E-state index contributed by atoms with van der Waals surface area (Å²) in [6, 6.07) is 7.31. The van der Waals surface area contributed by atoms with E-state index in [4.69, 9.17) is 9.47 Å². The summed E-state index contributed by atoms with van der Waals surface area (Å²) in [5, 5.41) is 0. The molecule has 0 radical (unpaired) electrons.